The summed E-state index contributed by atoms with van der Waals surface area (Å²) in [6.07, 6.45) is 4.68. The number of halogens is 3. The number of pyridine rings is 1. The lowest BCUT2D eigenvalue weighted by molar-refractivity contribution is 0.00565. The van der Waals surface area contributed by atoms with Crippen LogP contribution in [0.3, 0.4) is 0 Å². The molecule has 1 aliphatic rings. The molecule has 0 saturated carbocycles. The van der Waals surface area contributed by atoms with Crippen LogP contribution in [-0.4, -0.2) is 50.2 Å². The van der Waals surface area contributed by atoms with Crippen LogP contribution in [-0.2, 0) is 4.74 Å². The Morgan fingerprint density at radius 3 is 2.82 bits per heavy atom. The van der Waals surface area contributed by atoms with Gasteiger partial charge in [-0.3, -0.25) is 4.68 Å². The lowest BCUT2D eigenvalue weighted by Crippen LogP contribution is -2.48. The summed E-state index contributed by atoms with van der Waals surface area (Å²) in [5.41, 5.74) is 0.509. The minimum Gasteiger partial charge on any atom is -0.444 e. The van der Waals surface area contributed by atoms with Gasteiger partial charge in [-0.05, 0) is 84.5 Å². The van der Waals surface area contributed by atoms with Crippen molar-refractivity contribution in [3.63, 3.8) is 0 Å². The minimum absolute atomic E-state index is 0.0563. The van der Waals surface area contributed by atoms with Gasteiger partial charge in [-0.1, -0.05) is 0 Å². The number of nitriles is 1. The van der Waals surface area contributed by atoms with Gasteiger partial charge in [-0.25, -0.2) is 14.2 Å². The summed E-state index contributed by atoms with van der Waals surface area (Å²) in [5.74, 6) is -0.394. The maximum Gasteiger partial charge on any atom is 0.410 e. The molecule has 34 heavy (non-hydrogen) atoms. The van der Waals surface area contributed by atoms with Gasteiger partial charge in [0.15, 0.2) is 5.82 Å². The first-order valence-corrected chi connectivity index (χ1v) is 13.9. The van der Waals surface area contributed by atoms with Gasteiger partial charge >= 0.3 is 6.09 Å². The summed E-state index contributed by atoms with van der Waals surface area (Å²) in [6.45, 7) is 5.93. The average molecular weight is 660 g/mol. The van der Waals surface area contributed by atoms with E-state index in [2.05, 4.69) is 49.6 Å². The van der Waals surface area contributed by atoms with Gasteiger partial charge < -0.3 is 9.64 Å². The van der Waals surface area contributed by atoms with Gasteiger partial charge in [-0.2, -0.15) is 10.4 Å². The highest BCUT2D eigenvalue weighted by Crippen LogP contribution is 2.39. The molecular formula is C23H24BrFIN5O2S. The Labute approximate surface area is 223 Å². The number of aromatic nitrogens is 3. The lowest BCUT2D eigenvalue weighted by Gasteiger charge is -2.39. The van der Waals surface area contributed by atoms with Gasteiger partial charge in [0.1, 0.15) is 16.1 Å². The van der Waals surface area contributed by atoms with Crippen molar-refractivity contribution < 1.29 is 13.9 Å². The SMILES string of the molecule is CSc1nc2c(F)c(Br)c(I)cc2c2c1cnn2C1CCN(C(=O)OC(C)(C)C)[C@H](CC#N)C1. The predicted molar refractivity (Wildman–Crippen MR) is 142 cm³/mol. The number of rotatable bonds is 3. The fraction of sp³-hybridized carbons (Fsp3) is 0.478. The lowest BCUT2D eigenvalue weighted by atomic mass is 9.95. The molecule has 1 fully saturated rings. The summed E-state index contributed by atoms with van der Waals surface area (Å²) in [6, 6.07) is 3.78. The fourth-order valence-electron chi connectivity index (χ4n) is 4.37. The van der Waals surface area contributed by atoms with Gasteiger partial charge in [0.2, 0.25) is 0 Å². The topological polar surface area (TPSA) is 84.0 Å². The summed E-state index contributed by atoms with van der Waals surface area (Å²) < 4.78 is 23.8. The largest absolute Gasteiger partial charge is 0.444 e. The number of fused-ring (bicyclic) bond motifs is 3. The second-order valence-corrected chi connectivity index (χ2v) is 12.0. The molecule has 3 aromatic rings. The van der Waals surface area contributed by atoms with Gasteiger partial charge in [0.05, 0.1) is 46.1 Å². The maximum atomic E-state index is 15.2. The molecule has 0 spiro atoms. The molecule has 1 amide bonds. The summed E-state index contributed by atoms with van der Waals surface area (Å²) in [7, 11) is 0. The normalized spacial score (nSPS) is 18.9. The second kappa shape index (κ2) is 9.78. The van der Waals surface area contributed by atoms with Crippen molar-refractivity contribution >= 4 is 78.2 Å². The number of likely N-dealkylation sites (tertiary alicyclic amines) is 1. The fourth-order valence-corrected chi connectivity index (χ4v) is 5.77. The molecule has 7 nitrogen and oxygen atoms in total. The van der Waals surface area contributed by atoms with E-state index in [9.17, 15) is 10.1 Å². The predicted octanol–water partition coefficient (Wildman–Crippen LogP) is 6.67. The molecule has 11 heteroatoms. The molecule has 2 atom stereocenters. The smallest absolute Gasteiger partial charge is 0.410 e. The third-order valence-corrected chi connectivity index (χ3v) is 8.88. The van der Waals surface area contributed by atoms with Crippen molar-refractivity contribution in [1.82, 2.24) is 19.7 Å². The van der Waals surface area contributed by atoms with E-state index >= 15 is 4.39 Å². The Bertz CT molecular complexity index is 1320. The second-order valence-electron chi connectivity index (χ2n) is 9.22. The number of hydrogen-bond donors (Lipinski definition) is 0. The highest BCUT2D eigenvalue weighted by Gasteiger charge is 2.36. The highest BCUT2D eigenvalue weighted by molar-refractivity contribution is 14.1. The van der Waals surface area contributed by atoms with E-state index in [1.807, 2.05) is 37.8 Å². The zero-order valence-electron chi connectivity index (χ0n) is 19.2. The van der Waals surface area contributed by atoms with Crippen LogP contribution in [0.4, 0.5) is 9.18 Å². The van der Waals surface area contributed by atoms with Gasteiger partial charge in [-0.15, -0.1) is 11.8 Å². The molecule has 0 N–H and O–H groups in total. The quantitative estimate of drug-likeness (QED) is 0.178. The molecule has 1 aliphatic heterocycles. The number of benzene rings is 1. The Kier molecular flexibility index (Phi) is 7.32. The third-order valence-electron chi connectivity index (χ3n) is 5.81. The summed E-state index contributed by atoms with van der Waals surface area (Å²) in [4.78, 5) is 19.0. The van der Waals surface area contributed by atoms with Crippen LogP contribution in [0.15, 0.2) is 21.8 Å². The van der Waals surface area contributed by atoms with Crippen LogP contribution < -0.4 is 0 Å². The van der Waals surface area contributed by atoms with Crippen molar-refractivity contribution in [3.05, 3.63) is 26.1 Å². The average Bonchev–Trinajstić information content (AvgIpc) is 3.22. The zero-order valence-corrected chi connectivity index (χ0v) is 23.8. The van der Waals surface area contributed by atoms with Crippen LogP contribution in [0.25, 0.3) is 21.8 Å². The standard InChI is InChI=1S/C23H24BrFIN5O2S/c1-23(2,3)33-22(32)30-8-6-13(9-12(30)5-7-27)31-20-14-10-16(26)17(24)18(25)19(14)29-21(34-4)15(20)11-28-31/h10-13H,5-6,8-9H2,1-4H3/t12-,13?/m1/s1. The molecule has 3 heterocycles. The number of nitrogens with zero attached hydrogens (tertiary/aromatic N) is 5. The Morgan fingerprint density at radius 1 is 1.44 bits per heavy atom. The Morgan fingerprint density at radius 2 is 2.18 bits per heavy atom. The Balaban J connectivity index is 1.79. The van der Waals surface area contributed by atoms with Crippen molar-refractivity contribution in [1.29, 1.82) is 5.26 Å². The van der Waals surface area contributed by atoms with E-state index in [0.29, 0.717) is 39.8 Å². The molecule has 4 rings (SSSR count). The number of carbonyl (C=O) groups excluding carboxylic acids is 1. The van der Waals surface area contributed by atoms with Crippen LogP contribution in [0.2, 0.25) is 0 Å². The molecule has 0 aliphatic carbocycles. The van der Waals surface area contributed by atoms with Crippen molar-refractivity contribution in [2.45, 2.75) is 62.7 Å². The summed E-state index contributed by atoms with van der Waals surface area (Å²) >= 11 is 6.88. The third kappa shape index (κ3) is 4.73. The highest BCUT2D eigenvalue weighted by atomic mass is 127. The van der Waals surface area contributed by atoms with Crippen molar-refractivity contribution in [2.24, 2.45) is 0 Å². The molecule has 1 unspecified atom stereocenters. The first kappa shape index (κ1) is 25.4. The summed E-state index contributed by atoms with van der Waals surface area (Å²) in [5, 5.41) is 16.4. The Hall–Kier alpha value is -1.65. The van der Waals surface area contributed by atoms with Crippen LogP contribution in [0, 0.1) is 20.7 Å². The molecule has 180 valence electrons. The van der Waals surface area contributed by atoms with E-state index < -0.39 is 17.5 Å². The van der Waals surface area contributed by atoms with Crippen molar-refractivity contribution in [2.75, 3.05) is 12.8 Å². The zero-order chi connectivity index (χ0) is 24.8. The first-order chi connectivity index (χ1) is 16.1. The van der Waals surface area contributed by atoms with Gasteiger partial charge in [0.25, 0.3) is 0 Å². The molecule has 1 aromatic carbocycles. The number of ether oxygens (including phenoxy) is 1. The van der Waals surface area contributed by atoms with E-state index in [-0.39, 0.29) is 18.5 Å². The van der Waals surface area contributed by atoms with Crippen LogP contribution >= 0.6 is 50.3 Å². The van der Waals surface area contributed by atoms with E-state index in [1.54, 1.807) is 11.1 Å². The number of amides is 1. The van der Waals surface area contributed by atoms with E-state index in [0.717, 1.165) is 14.5 Å². The number of hydrogen-bond acceptors (Lipinski definition) is 6. The number of carbonyl (C=O) groups is 1. The van der Waals surface area contributed by atoms with Crippen molar-refractivity contribution in [3.8, 4) is 6.07 Å². The minimum atomic E-state index is -0.612. The number of thioether (sulfide) groups is 1. The van der Waals surface area contributed by atoms with Gasteiger partial charge in [0, 0.05) is 15.5 Å². The monoisotopic (exact) mass is 659 g/mol. The first-order valence-electron chi connectivity index (χ1n) is 10.8. The van der Waals surface area contributed by atoms with Crippen LogP contribution in [0.1, 0.15) is 46.1 Å². The molecule has 0 bridgehead atoms. The van der Waals surface area contributed by atoms with Crippen LogP contribution in [0.5, 0.6) is 0 Å². The number of piperidine rings is 1. The molecule has 1 saturated heterocycles. The van der Waals surface area contributed by atoms with E-state index in [4.69, 9.17) is 9.84 Å². The molecule has 2 aromatic heterocycles. The molecule has 0 radical (unpaired) electrons. The van der Waals surface area contributed by atoms with E-state index in [1.165, 1.54) is 11.8 Å². The maximum absolute atomic E-state index is 15.2. The molecular weight excluding hydrogens is 636 g/mol.